The van der Waals surface area contributed by atoms with Gasteiger partial charge in [-0.25, -0.2) is 0 Å². The minimum Gasteiger partial charge on any atom is -0.497 e. The molecule has 2 heteroatoms. The monoisotopic (exact) mass is 325 g/mol. The SMILES string of the molecule is COc1ccc(-c2c(-c3ccccc3)ccn2-c2ccccc2)cc1. The summed E-state index contributed by atoms with van der Waals surface area (Å²) in [7, 11) is 1.69. The fraction of sp³-hybridized carbons (Fsp3) is 0.0435. The lowest BCUT2D eigenvalue weighted by molar-refractivity contribution is 0.415. The second kappa shape index (κ2) is 6.70. The molecule has 0 aliphatic rings. The maximum absolute atomic E-state index is 5.31. The third-order valence-corrected chi connectivity index (χ3v) is 4.37. The highest BCUT2D eigenvalue weighted by Crippen LogP contribution is 2.35. The molecule has 0 atom stereocenters. The zero-order chi connectivity index (χ0) is 17.1. The molecule has 0 saturated heterocycles. The van der Waals surface area contributed by atoms with Crippen molar-refractivity contribution in [3.63, 3.8) is 0 Å². The molecule has 1 heterocycles. The van der Waals surface area contributed by atoms with E-state index in [-0.39, 0.29) is 0 Å². The molecular weight excluding hydrogens is 306 g/mol. The standard InChI is InChI=1S/C23H19NO/c1-25-21-14-12-19(13-15-21)23-22(18-8-4-2-5-9-18)16-17-24(23)20-10-6-3-7-11-20/h2-17H,1H3. The molecule has 0 bridgehead atoms. The van der Waals surface area contributed by atoms with Crippen LogP contribution in [0.1, 0.15) is 0 Å². The van der Waals surface area contributed by atoms with Crippen LogP contribution in [0.4, 0.5) is 0 Å². The molecule has 0 aliphatic heterocycles. The van der Waals surface area contributed by atoms with Crippen LogP contribution in [0.3, 0.4) is 0 Å². The number of aromatic nitrogens is 1. The molecular formula is C23H19NO. The molecule has 0 spiro atoms. The molecule has 0 aliphatic carbocycles. The maximum Gasteiger partial charge on any atom is 0.118 e. The Balaban J connectivity index is 1.93. The fourth-order valence-corrected chi connectivity index (χ4v) is 3.13. The van der Waals surface area contributed by atoms with Crippen LogP contribution in [-0.4, -0.2) is 11.7 Å². The van der Waals surface area contributed by atoms with E-state index >= 15 is 0 Å². The normalized spacial score (nSPS) is 10.6. The van der Waals surface area contributed by atoms with Crippen molar-refractivity contribution in [2.24, 2.45) is 0 Å². The van der Waals surface area contributed by atoms with Gasteiger partial charge in [-0.3, -0.25) is 0 Å². The summed E-state index contributed by atoms with van der Waals surface area (Å²) in [6, 6.07) is 31.3. The van der Waals surface area contributed by atoms with E-state index in [0.717, 1.165) is 17.0 Å². The third kappa shape index (κ3) is 2.94. The van der Waals surface area contributed by atoms with E-state index in [2.05, 4.69) is 77.5 Å². The number of methoxy groups -OCH3 is 1. The van der Waals surface area contributed by atoms with Crippen LogP contribution in [0.15, 0.2) is 97.2 Å². The highest BCUT2D eigenvalue weighted by Gasteiger charge is 2.14. The summed E-state index contributed by atoms with van der Waals surface area (Å²) in [6.07, 6.45) is 2.14. The van der Waals surface area contributed by atoms with E-state index in [1.165, 1.54) is 16.8 Å². The molecule has 0 amide bonds. The first-order valence-corrected chi connectivity index (χ1v) is 8.33. The van der Waals surface area contributed by atoms with Gasteiger partial charge in [0.15, 0.2) is 0 Å². The van der Waals surface area contributed by atoms with E-state index in [1.54, 1.807) is 7.11 Å². The summed E-state index contributed by atoms with van der Waals surface area (Å²) in [4.78, 5) is 0. The quantitative estimate of drug-likeness (QED) is 0.461. The molecule has 0 radical (unpaired) electrons. The lowest BCUT2D eigenvalue weighted by Gasteiger charge is -2.13. The van der Waals surface area contributed by atoms with Gasteiger partial charge < -0.3 is 9.30 Å². The molecule has 2 nitrogen and oxygen atoms in total. The highest BCUT2D eigenvalue weighted by atomic mass is 16.5. The molecule has 122 valence electrons. The van der Waals surface area contributed by atoms with Gasteiger partial charge in [0.25, 0.3) is 0 Å². The number of hydrogen-bond donors (Lipinski definition) is 0. The van der Waals surface area contributed by atoms with E-state index in [9.17, 15) is 0 Å². The highest BCUT2D eigenvalue weighted by molar-refractivity contribution is 5.83. The number of nitrogens with zero attached hydrogens (tertiary/aromatic N) is 1. The van der Waals surface area contributed by atoms with Crippen molar-refractivity contribution in [1.29, 1.82) is 0 Å². The number of hydrogen-bond acceptors (Lipinski definition) is 1. The van der Waals surface area contributed by atoms with Gasteiger partial charge in [-0.15, -0.1) is 0 Å². The Labute approximate surface area is 148 Å². The Bertz CT molecular complexity index is 897. The zero-order valence-electron chi connectivity index (χ0n) is 14.1. The summed E-state index contributed by atoms with van der Waals surface area (Å²) >= 11 is 0. The van der Waals surface area contributed by atoms with Crippen LogP contribution >= 0.6 is 0 Å². The Morgan fingerprint density at radius 2 is 1.28 bits per heavy atom. The van der Waals surface area contributed by atoms with Crippen LogP contribution in [-0.2, 0) is 0 Å². The topological polar surface area (TPSA) is 14.2 Å². The molecule has 0 saturated carbocycles. The van der Waals surface area contributed by atoms with Gasteiger partial charge in [0.1, 0.15) is 5.75 Å². The summed E-state index contributed by atoms with van der Waals surface area (Å²) in [5.41, 5.74) is 5.92. The molecule has 4 rings (SSSR count). The Kier molecular flexibility index (Phi) is 4.09. The van der Waals surface area contributed by atoms with Gasteiger partial charge in [-0.05, 0) is 53.6 Å². The van der Waals surface area contributed by atoms with Crippen molar-refractivity contribution in [2.75, 3.05) is 7.11 Å². The summed E-state index contributed by atoms with van der Waals surface area (Å²) in [5.74, 6) is 0.864. The van der Waals surface area contributed by atoms with Crippen LogP contribution < -0.4 is 4.74 Å². The first-order valence-electron chi connectivity index (χ1n) is 8.33. The Morgan fingerprint density at radius 1 is 0.640 bits per heavy atom. The van der Waals surface area contributed by atoms with Crippen molar-refractivity contribution in [1.82, 2.24) is 4.57 Å². The average Bonchev–Trinajstić information content (AvgIpc) is 3.14. The second-order valence-electron chi connectivity index (χ2n) is 5.88. The number of benzene rings is 3. The van der Waals surface area contributed by atoms with E-state index in [4.69, 9.17) is 4.74 Å². The minimum atomic E-state index is 0.864. The van der Waals surface area contributed by atoms with Crippen LogP contribution in [0.2, 0.25) is 0 Å². The maximum atomic E-state index is 5.31. The van der Waals surface area contributed by atoms with Crippen molar-refractivity contribution in [3.8, 4) is 33.8 Å². The first-order chi connectivity index (χ1) is 12.4. The first kappa shape index (κ1) is 15.3. The van der Waals surface area contributed by atoms with E-state index in [1.807, 2.05) is 24.3 Å². The Morgan fingerprint density at radius 3 is 1.92 bits per heavy atom. The van der Waals surface area contributed by atoms with Gasteiger partial charge in [-0.1, -0.05) is 48.5 Å². The summed E-state index contributed by atoms with van der Waals surface area (Å²) in [6.45, 7) is 0. The summed E-state index contributed by atoms with van der Waals surface area (Å²) in [5, 5.41) is 0. The van der Waals surface area contributed by atoms with Gasteiger partial charge >= 0.3 is 0 Å². The number of rotatable bonds is 4. The van der Waals surface area contributed by atoms with Crippen molar-refractivity contribution < 1.29 is 4.74 Å². The van der Waals surface area contributed by atoms with Crippen LogP contribution in [0, 0.1) is 0 Å². The number of ether oxygens (including phenoxy) is 1. The lowest BCUT2D eigenvalue weighted by Crippen LogP contribution is -1.96. The van der Waals surface area contributed by atoms with E-state index < -0.39 is 0 Å². The third-order valence-electron chi connectivity index (χ3n) is 4.37. The predicted molar refractivity (Wildman–Crippen MR) is 103 cm³/mol. The Hall–Kier alpha value is -3.26. The van der Waals surface area contributed by atoms with Crippen LogP contribution in [0.25, 0.3) is 28.1 Å². The molecule has 0 N–H and O–H groups in total. The van der Waals surface area contributed by atoms with Gasteiger partial charge in [0, 0.05) is 17.4 Å². The zero-order valence-corrected chi connectivity index (χ0v) is 14.1. The van der Waals surface area contributed by atoms with Crippen molar-refractivity contribution in [3.05, 3.63) is 97.2 Å². The largest absolute Gasteiger partial charge is 0.497 e. The second-order valence-corrected chi connectivity index (χ2v) is 5.88. The van der Waals surface area contributed by atoms with Gasteiger partial charge in [0.2, 0.25) is 0 Å². The summed E-state index contributed by atoms with van der Waals surface area (Å²) < 4.78 is 7.55. The van der Waals surface area contributed by atoms with E-state index in [0.29, 0.717) is 0 Å². The predicted octanol–water partition coefficient (Wildman–Crippen LogP) is 5.82. The average molecular weight is 325 g/mol. The lowest BCUT2D eigenvalue weighted by atomic mass is 10.0. The van der Waals surface area contributed by atoms with Gasteiger partial charge in [0.05, 0.1) is 12.8 Å². The minimum absolute atomic E-state index is 0.864. The fourth-order valence-electron chi connectivity index (χ4n) is 3.13. The van der Waals surface area contributed by atoms with Crippen LogP contribution in [0.5, 0.6) is 5.75 Å². The molecule has 4 aromatic rings. The van der Waals surface area contributed by atoms with Crippen molar-refractivity contribution >= 4 is 0 Å². The molecule has 3 aromatic carbocycles. The molecule has 25 heavy (non-hydrogen) atoms. The van der Waals surface area contributed by atoms with Crippen molar-refractivity contribution in [2.45, 2.75) is 0 Å². The molecule has 1 aromatic heterocycles. The smallest absolute Gasteiger partial charge is 0.118 e. The molecule has 0 fully saturated rings. The molecule has 0 unspecified atom stereocenters. The number of para-hydroxylation sites is 1. The van der Waals surface area contributed by atoms with Gasteiger partial charge in [-0.2, -0.15) is 0 Å².